The van der Waals surface area contributed by atoms with Gasteiger partial charge in [0.1, 0.15) is 0 Å². The van der Waals surface area contributed by atoms with E-state index >= 15 is 0 Å². The maximum absolute atomic E-state index is 12.5. The molecule has 0 aliphatic rings. The van der Waals surface area contributed by atoms with Crippen molar-refractivity contribution in [2.24, 2.45) is 0 Å². The lowest BCUT2D eigenvalue weighted by atomic mass is 10.2. The van der Waals surface area contributed by atoms with E-state index in [0.29, 0.717) is 5.02 Å². The van der Waals surface area contributed by atoms with Crippen LogP contribution >= 0.6 is 23.4 Å². The van der Waals surface area contributed by atoms with Gasteiger partial charge in [-0.2, -0.15) is 0 Å². The molecule has 5 nitrogen and oxygen atoms in total. The molecule has 1 N–H and O–H groups in total. The highest BCUT2D eigenvalue weighted by atomic mass is 35.5. The van der Waals surface area contributed by atoms with Crippen LogP contribution in [0.25, 0.3) is 11.4 Å². The van der Waals surface area contributed by atoms with Crippen LogP contribution in [0.1, 0.15) is 20.3 Å². The number of amides is 1. The van der Waals surface area contributed by atoms with Gasteiger partial charge in [-0.3, -0.25) is 4.79 Å². The topological polar surface area (TPSA) is 59.8 Å². The Bertz CT molecular complexity index is 896. The summed E-state index contributed by atoms with van der Waals surface area (Å²) >= 11 is 7.39. The van der Waals surface area contributed by atoms with Gasteiger partial charge in [-0.15, -0.1) is 10.2 Å². The standard InChI is InChI=1S/C20H21ClN4OS/c1-3-13-25-18(15-9-11-16(21)12-10-15)23-24-20(25)27-14(2)19(26)22-17-7-5-4-6-8-17/h4-12,14H,3,13H2,1-2H3,(H,22,26)/t14-/m0/s1. The number of carbonyl (C=O) groups excluding carboxylic acids is 1. The van der Waals surface area contributed by atoms with Crippen LogP contribution in [0.4, 0.5) is 5.69 Å². The molecule has 1 atom stereocenters. The van der Waals surface area contributed by atoms with Crippen molar-refractivity contribution in [2.75, 3.05) is 5.32 Å². The number of thioether (sulfide) groups is 1. The van der Waals surface area contributed by atoms with E-state index in [2.05, 4.69) is 27.0 Å². The number of carbonyl (C=O) groups is 1. The van der Waals surface area contributed by atoms with Crippen LogP contribution in [0.2, 0.25) is 5.02 Å². The first-order valence-corrected chi connectivity index (χ1v) is 10.1. The summed E-state index contributed by atoms with van der Waals surface area (Å²) in [5, 5.41) is 12.7. The smallest absolute Gasteiger partial charge is 0.237 e. The zero-order valence-corrected chi connectivity index (χ0v) is 16.8. The third kappa shape index (κ3) is 4.90. The summed E-state index contributed by atoms with van der Waals surface area (Å²) < 4.78 is 2.06. The molecule has 0 radical (unpaired) electrons. The lowest BCUT2D eigenvalue weighted by Crippen LogP contribution is -2.22. The summed E-state index contributed by atoms with van der Waals surface area (Å²) in [4.78, 5) is 12.5. The predicted octanol–water partition coefficient (Wildman–Crippen LogP) is 5.13. The Kier molecular flexibility index (Phi) is 6.53. The molecule has 140 valence electrons. The summed E-state index contributed by atoms with van der Waals surface area (Å²) in [6, 6.07) is 17.0. The normalized spacial score (nSPS) is 12.0. The number of nitrogens with zero attached hydrogens (tertiary/aromatic N) is 3. The Morgan fingerprint density at radius 2 is 1.85 bits per heavy atom. The van der Waals surface area contributed by atoms with E-state index < -0.39 is 0 Å². The van der Waals surface area contributed by atoms with Gasteiger partial charge in [-0.05, 0) is 49.7 Å². The second kappa shape index (κ2) is 9.06. The van der Waals surface area contributed by atoms with E-state index in [9.17, 15) is 4.79 Å². The summed E-state index contributed by atoms with van der Waals surface area (Å²) in [6.45, 7) is 4.75. The number of benzene rings is 2. The van der Waals surface area contributed by atoms with E-state index in [-0.39, 0.29) is 11.2 Å². The first-order valence-electron chi connectivity index (χ1n) is 8.80. The van der Waals surface area contributed by atoms with Crippen LogP contribution in [0.3, 0.4) is 0 Å². The second-order valence-electron chi connectivity index (χ2n) is 6.08. The quantitative estimate of drug-likeness (QED) is 0.558. The molecule has 27 heavy (non-hydrogen) atoms. The molecule has 1 aromatic heterocycles. The molecule has 0 fully saturated rings. The molecular formula is C20H21ClN4OS. The van der Waals surface area contributed by atoms with E-state index in [1.807, 2.05) is 61.5 Å². The van der Waals surface area contributed by atoms with Crippen molar-refractivity contribution in [3.8, 4) is 11.4 Å². The van der Waals surface area contributed by atoms with Crippen LogP contribution in [0.15, 0.2) is 59.8 Å². The maximum atomic E-state index is 12.5. The fraction of sp³-hybridized carbons (Fsp3) is 0.250. The summed E-state index contributed by atoms with van der Waals surface area (Å²) in [5.74, 6) is 0.719. The number of halogens is 1. The summed E-state index contributed by atoms with van der Waals surface area (Å²) in [5.41, 5.74) is 1.74. The van der Waals surface area contributed by atoms with Gasteiger partial charge in [0.15, 0.2) is 11.0 Å². The van der Waals surface area contributed by atoms with E-state index in [1.54, 1.807) is 0 Å². The van der Waals surface area contributed by atoms with Crippen LogP contribution < -0.4 is 5.32 Å². The summed E-state index contributed by atoms with van der Waals surface area (Å²) in [7, 11) is 0. The first-order chi connectivity index (χ1) is 13.1. The molecular weight excluding hydrogens is 380 g/mol. The van der Waals surface area contributed by atoms with Crippen molar-refractivity contribution in [3.05, 3.63) is 59.6 Å². The third-order valence-corrected chi connectivity index (χ3v) is 5.29. The van der Waals surface area contributed by atoms with Crippen molar-refractivity contribution in [2.45, 2.75) is 37.2 Å². The lowest BCUT2D eigenvalue weighted by Gasteiger charge is -2.13. The molecule has 3 rings (SSSR count). The molecule has 0 unspecified atom stereocenters. The SMILES string of the molecule is CCCn1c(S[C@@H](C)C(=O)Nc2ccccc2)nnc1-c1ccc(Cl)cc1. The van der Waals surface area contributed by atoms with Gasteiger partial charge in [0.05, 0.1) is 5.25 Å². The minimum Gasteiger partial charge on any atom is -0.325 e. The minimum atomic E-state index is -0.303. The van der Waals surface area contributed by atoms with Crippen molar-refractivity contribution in [1.82, 2.24) is 14.8 Å². The van der Waals surface area contributed by atoms with E-state index in [4.69, 9.17) is 11.6 Å². The molecule has 0 saturated heterocycles. The number of para-hydroxylation sites is 1. The van der Waals surface area contributed by atoms with Crippen LogP contribution in [0, 0.1) is 0 Å². The predicted molar refractivity (Wildman–Crippen MR) is 111 cm³/mol. The van der Waals surface area contributed by atoms with Gasteiger partial charge < -0.3 is 9.88 Å². The Hall–Kier alpha value is -2.31. The van der Waals surface area contributed by atoms with Gasteiger partial charge in [-0.1, -0.05) is 48.5 Å². The Labute approximate surface area is 168 Å². The van der Waals surface area contributed by atoms with Crippen molar-refractivity contribution in [3.63, 3.8) is 0 Å². The van der Waals surface area contributed by atoms with Gasteiger partial charge in [0.2, 0.25) is 5.91 Å². The highest BCUT2D eigenvalue weighted by Gasteiger charge is 2.20. The number of anilines is 1. The Morgan fingerprint density at radius 3 is 2.52 bits per heavy atom. The highest BCUT2D eigenvalue weighted by molar-refractivity contribution is 8.00. The van der Waals surface area contributed by atoms with Crippen molar-refractivity contribution >= 4 is 35.0 Å². The Balaban J connectivity index is 1.77. The number of hydrogen-bond acceptors (Lipinski definition) is 4. The van der Waals surface area contributed by atoms with E-state index in [0.717, 1.165) is 35.2 Å². The average Bonchev–Trinajstić information content (AvgIpc) is 3.06. The molecule has 1 heterocycles. The van der Waals surface area contributed by atoms with Gasteiger partial charge in [0, 0.05) is 22.8 Å². The zero-order valence-electron chi connectivity index (χ0n) is 15.2. The average molecular weight is 401 g/mol. The fourth-order valence-electron chi connectivity index (χ4n) is 2.59. The highest BCUT2D eigenvalue weighted by Crippen LogP contribution is 2.28. The lowest BCUT2D eigenvalue weighted by molar-refractivity contribution is -0.115. The van der Waals surface area contributed by atoms with Crippen molar-refractivity contribution in [1.29, 1.82) is 0 Å². The van der Waals surface area contributed by atoms with Crippen LogP contribution in [0.5, 0.6) is 0 Å². The molecule has 0 saturated carbocycles. The molecule has 0 bridgehead atoms. The number of hydrogen-bond donors (Lipinski definition) is 1. The number of aromatic nitrogens is 3. The fourth-order valence-corrected chi connectivity index (χ4v) is 3.59. The summed E-state index contributed by atoms with van der Waals surface area (Å²) in [6.07, 6.45) is 0.941. The molecule has 0 spiro atoms. The molecule has 1 amide bonds. The molecule has 0 aliphatic carbocycles. The van der Waals surface area contributed by atoms with Gasteiger partial charge >= 0.3 is 0 Å². The molecule has 0 aliphatic heterocycles. The number of rotatable bonds is 7. The van der Waals surface area contributed by atoms with Gasteiger partial charge in [-0.25, -0.2) is 0 Å². The minimum absolute atomic E-state index is 0.0645. The van der Waals surface area contributed by atoms with Crippen molar-refractivity contribution < 1.29 is 4.79 Å². The third-order valence-electron chi connectivity index (χ3n) is 3.96. The van der Waals surface area contributed by atoms with Gasteiger partial charge in [0.25, 0.3) is 0 Å². The maximum Gasteiger partial charge on any atom is 0.237 e. The second-order valence-corrected chi connectivity index (χ2v) is 7.82. The Morgan fingerprint density at radius 1 is 1.15 bits per heavy atom. The number of nitrogens with one attached hydrogen (secondary N) is 1. The van der Waals surface area contributed by atoms with Crippen LogP contribution in [-0.2, 0) is 11.3 Å². The molecule has 7 heteroatoms. The first kappa shape index (κ1) is 19.5. The molecule has 2 aromatic carbocycles. The van der Waals surface area contributed by atoms with E-state index in [1.165, 1.54) is 11.8 Å². The monoisotopic (exact) mass is 400 g/mol. The van der Waals surface area contributed by atoms with Crippen LogP contribution in [-0.4, -0.2) is 25.9 Å². The zero-order chi connectivity index (χ0) is 19.2. The molecule has 3 aromatic rings. The largest absolute Gasteiger partial charge is 0.325 e.